The number of nitrogens with zero attached hydrogens (tertiary/aromatic N) is 2. The fourth-order valence-corrected chi connectivity index (χ4v) is 2.23. The molecular weight excluding hydrogens is 344 g/mol. The predicted octanol–water partition coefficient (Wildman–Crippen LogP) is 3.93. The van der Waals surface area contributed by atoms with Crippen LogP contribution in [0.2, 0.25) is 5.02 Å². The Balaban J connectivity index is 2.49. The molecule has 0 spiro atoms. The Kier molecular flexibility index (Phi) is 5.05. The van der Waals surface area contributed by atoms with Gasteiger partial charge in [-0.2, -0.15) is 5.26 Å². The molecule has 1 heterocycles. The lowest BCUT2D eigenvalue weighted by Crippen LogP contribution is -2.00. The van der Waals surface area contributed by atoms with Crippen molar-refractivity contribution in [2.45, 2.75) is 6.42 Å². The van der Waals surface area contributed by atoms with Crippen molar-refractivity contribution in [3.8, 4) is 17.6 Å². The number of pyridine rings is 1. The van der Waals surface area contributed by atoms with E-state index in [1.807, 2.05) is 6.07 Å². The van der Waals surface area contributed by atoms with E-state index in [-0.39, 0.29) is 0 Å². The number of hydrogen-bond donors (Lipinski definition) is 0. The normalized spacial score (nSPS) is 10.3. The lowest BCUT2D eigenvalue weighted by Gasteiger charge is -2.12. The van der Waals surface area contributed by atoms with Crippen LogP contribution in [0, 0.1) is 11.3 Å². The van der Waals surface area contributed by atoms with Crippen LogP contribution in [-0.4, -0.2) is 24.0 Å². The number of nitriles is 1. The second-order valence-electron chi connectivity index (χ2n) is 4.01. The highest BCUT2D eigenvalue weighted by Crippen LogP contribution is 2.35. The third-order valence-electron chi connectivity index (χ3n) is 2.74. The van der Waals surface area contributed by atoms with E-state index >= 15 is 0 Å². The second kappa shape index (κ2) is 6.78. The summed E-state index contributed by atoms with van der Waals surface area (Å²) < 4.78 is 11.0. The number of rotatable bonds is 5. The maximum atomic E-state index is 8.97. The molecule has 1 aromatic carbocycles. The highest BCUT2D eigenvalue weighted by molar-refractivity contribution is 9.09. The minimum atomic E-state index is 0.342. The van der Waals surface area contributed by atoms with Gasteiger partial charge in [-0.3, -0.25) is 4.98 Å². The summed E-state index contributed by atoms with van der Waals surface area (Å²) in [5.41, 5.74) is 1.01. The number of benzene rings is 1. The van der Waals surface area contributed by atoms with Crippen molar-refractivity contribution in [3.63, 3.8) is 0 Å². The van der Waals surface area contributed by atoms with Crippen molar-refractivity contribution < 1.29 is 9.47 Å². The first-order chi connectivity index (χ1) is 9.71. The van der Waals surface area contributed by atoms with Crippen molar-refractivity contribution in [2.75, 3.05) is 19.0 Å². The third-order valence-corrected chi connectivity index (χ3v) is 3.71. The topological polar surface area (TPSA) is 55.1 Å². The molecule has 0 amide bonds. The Labute approximate surface area is 130 Å². The van der Waals surface area contributed by atoms with Crippen LogP contribution < -0.4 is 9.47 Å². The average Bonchev–Trinajstić information content (AvgIpc) is 2.47. The molecule has 2 rings (SSSR count). The van der Waals surface area contributed by atoms with Gasteiger partial charge in [-0.15, -0.1) is 0 Å². The summed E-state index contributed by atoms with van der Waals surface area (Å²) in [7, 11) is 1.56. The molecule has 0 fully saturated rings. The van der Waals surface area contributed by atoms with Crippen LogP contribution in [0.4, 0.5) is 0 Å². The number of hydrogen-bond acceptors (Lipinski definition) is 4. The van der Waals surface area contributed by atoms with E-state index in [9.17, 15) is 0 Å². The zero-order chi connectivity index (χ0) is 14.5. The van der Waals surface area contributed by atoms with E-state index in [1.165, 1.54) is 6.20 Å². The highest BCUT2D eigenvalue weighted by Gasteiger charge is 2.12. The summed E-state index contributed by atoms with van der Waals surface area (Å²) in [4.78, 5) is 4.23. The summed E-state index contributed by atoms with van der Waals surface area (Å²) in [5.74, 6) is 1.19. The molecule has 0 atom stereocenters. The van der Waals surface area contributed by atoms with Crippen molar-refractivity contribution >= 4 is 38.4 Å². The first kappa shape index (κ1) is 14.9. The van der Waals surface area contributed by atoms with Crippen molar-refractivity contribution in [1.82, 2.24) is 4.98 Å². The maximum absolute atomic E-state index is 8.97. The van der Waals surface area contributed by atoms with Crippen molar-refractivity contribution in [3.05, 3.63) is 28.9 Å². The summed E-state index contributed by atoms with van der Waals surface area (Å²) in [6, 6.07) is 5.53. The number of alkyl halides is 1. The zero-order valence-corrected chi connectivity index (χ0v) is 13.2. The van der Waals surface area contributed by atoms with Crippen molar-refractivity contribution in [1.29, 1.82) is 5.26 Å². The van der Waals surface area contributed by atoms with E-state index in [1.54, 1.807) is 19.2 Å². The molecule has 0 bridgehead atoms. The molecule has 0 aliphatic heterocycles. The Bertz CT molecular complexity index is 670. The van der Waals surface area contributed by atoms with Crippen LogP contribution in [0.1, 0.15) is 12.0 Å². The number of methoxy groups -OCH3 is 1. The van der Waals surface area contributed by atoms with Gasteiger partial charge in [0, 0.05) is 23.0 Å². The molecule has 0 aliphatic rings. The highest BCUT2D eigenvalue weighted by atomic mass is 79.9. The van der Waals surface area contributed by atoms with Gasteiger partial charge in [0.1, 0.15) is 6.07 Å². The Morgan fingerprint density at radius 1 is 1.40 bits per heavy atom. The fourth-order valence-electron chi connectivity index (χ4n) is 1.75. The molecule has 0 unspecified atom stereocenters. The van der Waals surface area contributed by atoms with Crippen LogP contribution in [-0.2, 0) is 0 Å². The van der Waals surface area contributed by atoms with E-state index < -0.39 is 0 Å². The van der Waals surface area contributed by atoms with Gasteiger partial charge in [-0.05, 0) is 12.5 Å². The Morgan fingerprint density at radius 2 is 2.20 bits per heavy atom. The molecule has 0 saturated carbocycles. The lowest BCUT2D eigenvalue weighted by atomic mass is 10.1. The monoisotopic (exact) mass is 354 g/mol. The molecule has 0 radical (unpaired) electrons. The third kappa shape index (κ3) is 2.97. The first-order valence-electron chi connectivity index (χ1n) is 5.96. The summed E-state index contributed by atoms with van der Waals surface area (Å²) >= 11 is 9.54. The van der Waals surface area contributed by atoms with Crippen LogP contribution in [0.25, 0.3) is 10.9 Å². The van der Waals surface area contributed by atoms with Gasteiger partial charge in [-0.1, -0.05) is 27.5 Å². The molecule has 1 aromatic heterocycles. The number of ether oxygens (including phenoxy) is 2. The molecule has 0 N–H and O–H groups in total. The SMILES string of the molecule is COc1cc2c(Cl)c(C#N)cnc2cc1OCCCBr. The number of fused-ring (bicyclic) bond motifs is 1. The maximum Gasteiger partial charge on any atom is 0.163 e. The molecule has 4 nitrogen and oxygen atoms in total. The molecular formula is C14H12BrClN2O2. The Morgan fingerprint density at radius 3 is 2.85 bits per heavy atom. The van der Waals surface area contributed by atoms with Crippen LogP contribution >= 0.6 is 27.5 Å². The summed E-state index contributed by atoms with van der Waals surface area (Å²) in [5, 5.41) is 10.9. The lowest BCUT2D eigenvalue weighted by molar-refractivity contribution is 0.296. The van der Waals surface area contributed by atoms with E-state index in [0.717, 1.165) is 11.8 Å². The predicted molar refractivity (Wildman–Crippen MR) is 81.9 cm³/mol. The Hall–Kier alpha value is -1.51. The minimum absolute atomic E-state index is 0.342. The molecule has 104 valence electrons. The van der Waals surface area contributed by atoms with E-state index in [0.29, 0.717) is 39.6 Å². The quantitative estimate of drug-likeness (QED) is 0.602. The van der Waals surface area contributed by atoms with Gasteiger partial charge in [0.05, 0.1) is 29.8 Å². The molecule has 0 saturated heterocycles. The van der Waals surface area contributed by atoms with Gasteiger partial charge in [0.2, 0.25) is 0 Å². The molecule has 0 aliphatic carbocycles. The minimum Gasteiger partial charge on any atom is -0.493 e. The summed E-state index contributed by atoms with van der Waals surface area (Å²) in [6.07, 6.45) is 2.35. The van der Waals surface area contributed by atoms with Crippen LogP contribution in [0.15, 0.2) is 18.3 Å². The van der Waals surface area contributed by atoms with Gasteiger partial charge in [0.25, 0.3) is 0 Å². The standard InChI is InChI=1S/C14H12BrClN2O2/c1-19-12-5-10-11(6-13(12)20-4-2-3-15)18-8-9(7-17)14(10)16/h5-6,8H,2-4H2,1H3. The average molecular weight is 356 g/mol. The second-order valence-corrected chi connectivity index (χ2v) is 5.18. The largest absolute Gasteiger partial charge is 0.493 e. The van der Waals surface area contributed by atoms with Crippen molar-refractivity contribution in [2.24, 2.45) is 0 Å². The number of halogens is 2. The van der Waals surface area contributed by atoms with Crippen LogP contribution in [0.3, 0.4) is 0 Å². The number of aromatic nitrogens is 1. The fraction of sp³-hybridized carbons (Fsp3) is 0.286. The summed E-state index contributed by atoms with van der Waals surface area (Å²) in [6.45, 7) is 0.580. The van der Waals surface area contributed by atoms with E-state index in [4.69, 9.17) is 26.3 Å². The van der Waals surface area contributed by atoms with Gasteiger partial charge >= 0.3 is 0 Å². The van der Waals surface area contributed by atoms with Crippen LogP contribution in [0.5, 0.6) is 11.5 Å². The van der Waals surface area contributed by atoms with Gasteiger partial charge in [-0.25, -0.2) is 0 Å². The smallest absolute Gasteiger partial charge is 0.163 e. The molecule has 6 heteroatoms. The van der Waals surface area contributed by atoms with Gasteiger partial charge < -0.3 is 9.47 Å². The van der Waals surface area contributed by atoms with E-state index in [2.05, 4.69) is 20.9 Å². The zero-order valence-electron chi connectivity index (χ0n) is 10.8. The van der Waals surface area contributed by atoms with Gasteiger partial charge in [0.15, 0.2) is 11.5 Å². The molecule has 2 aromatic rings. The first-order valence-corrected chi connectivity index (χ1v) is 7.46. The molecule has 20 heavy (non-hydrogen) atoms.